The highest BCUT2D eigenvalue weighted by Gasteiger charge is 2.58. The number of nitrogens with one attached hydrogen (secondary N) is 1. The van der Waals surface area contributed by atoms with Gasteiger partial charge in [0.15, 0.2) is 0 Å². The fourth-order valence-electron chi connectivity index (χ4n) is 4.62. The van der Waals surface area contributed by atoms with Gasteiger partial charge in [0.1, 0.15) is 13.2 Å². The number of hydrogen-bond donors (Lipinski definition) is 1. The Morgan fingerprint density at radius 2 is 2.15 bits per heavy atom. The third-order valence-corrected chi connectivity index (χ3v) is 6.15. The van der Waals surface area contributed by atoms with Crippen molar-refractivity contribution in [3.63, 3.8) is 0 Å². The van der Waals surface area contributed by atoms with Crippen LogP contribution < -0.4 is 5.32 Å². The van der Waals surface area contributed by atoms with Gasteiger partial charge in [-0.05, 0) is 48.4 Å². The Balaban J connectivity index is 1.35. The number of hydrogen-bond acceptors (Lipinski definition) is 3. The van der Waals surface area contributed by atoms with Gasteiger partial charge in [-0.25, -0.2) is 8.78 Å². The van der Waals surface area contributed by atoms with Crippen molar-refractivity contribution in [1.29, 1.82) is 0 Å². The molecule has 2 saturated heterocycles. The van der Waals surface area contributed by atoms with Gasteiger partial charge in [0.2, 0.25) is 11.8 Å². The molecule has 2 aliphatic heterocycles. The Morgan fingerprint density at radius 3 is 2.89 bits per heavy atom. The minimum Gasteiger partial charge on any atom is -0.366 e. The summed E-state index contributed by atoms with van der Waals surface area (Å²) in [5, 5.41) is 3.37. The van der Waals surface area contributed by atoms with Crippen LogP contribution in [0.15, 0.2) is 18.2 Å². The molecule has 1 aromatic rings. The molecule has 2 aliphatic carbocycles. The molecule has 1 N–H and O–H groups in total. The number of halogens is 3. The second kappa shape index (κ2) is 7.02. The maximum atomic E-state index is 13.1. The summed E-state index contributed by atoms with van der Waals surface area (Å²) < 4.78 is 28.8. The summed E-state index contributed by atoms with van der Waals surface area (Å²) in [7, 11) is 0. The number of alkyl halides is 2. The lowest BCUT2D eigenvalue weighted by molar-refractivity contribution is -0.138. The lowest BCUT2D eigenvalue weighted by atomic mass is 9.72. The average Bonchev–Trinajstić information content (AvgIpc) is 3.11. The number of fused-ring (bicyclic) bond motifs is 2. The highest BCUT2D eigenvalue weighted by Crippen LogP contribution is 2.52. The van der Waals surface area contributed by atoms with Gasteiger partial charge in [-0.15, -0.1) is 0 Å². The Kier molecular flexibility index (Phi) is 4.84. The third kappa shape index (κ3) is 3.43. The molecule has 2 heterocycles. The Hall–Kier alpha value is -1.73. The average molecular weight is 399 g/mol. The van der Waals surface area contributed by atoms with Crippen LogP contribution in [-0.2, 0) is 20.7 Å². The molecule has 8 heteroatoms. The van der Waals surface area contributed by atoms with E-state index in [2.05, 4.69) is 10.1 Å². The fourth-order valence-corrected chi connectivity index (χ4v) is 4.80. The lowest BCUT2D eigenvalue weighted by Crippen LogP contribution is -2.57. The molecule has 0 radical (unpaired) electrons. The topological polar surface area (TPSA) is 58.6 Å². The van der Waals surface area contributed by atoms with Gasteiger partial charge in [-0.1, -0.05) is 17.7 Å². The fraction of sp³-hybridized carbons (Fsp3) is 0.579. The largest absolute Gasteiger partial charge is 0.366 e. The zero-order valence-corrected chi connectivity index (χ0v) is 15.5. The van der Waals surface area contributed by atoms with Gasteiger partial charge in [0, 0.05) is 18.1 Å². The minimum atomic E-state index is -2.59. The van der Waals surface area contributed by atoms with Crippen LogP contribution in [0.1, 0.15) is 29.9 Å². The van der Waals surface area contributed by atoms with Crippen molar-refractivity contribution < 1.29 is 23.1 Å². The summed E-state index contributed by atoms with van der Waals surface area (Å²) in [6.45, 7) is -0.106. The highest BCUT2D eigenvalue weighted by atomic mass is 35.5. The molecule has 146 valence electrons. The van der Waals surface area contributed by atoms with Gasteiger partial charge in [0.05, 0.1) is 11.5 Å². The summed E-state index contributed by atoms with van der Waals surface area (Å²) in [6, 6.07) is 5.65. The number of benzene rings is 1. The molecular formula is C19H21ClF2N2O3. The van der Waals surface area contributed by atoms with E-state index < -0.39 is 25.5 Å². The van der Waals surface area contributed by atoms with Gasteiger partial charge in [-0.3, -0.25) is 9.59 Å². The first-order valence-corrected chi connectivity index (χ1v) is 9.48. The van der Waals surface area contributed by atoms with Gasteiger partial charge < -0.3 is 15.0 Å². The first kappa shape index (κ1) is 18.6. The second-order valence-corrected chi connectivity index (χ2v) is 8.17. The highest BCUT2D eigenvalue weighted by molar-refractivity contribution is 6.30. The third-order valence-electron chi connectivity index (χ3n) is 5.91. The molecule has 1 aromatic carbocycles. The maximum Gasteiger partial charge on any atom is 0.261 e. The molecule has 1 unspecified atom stereocenters. The summed E-state index contributed by atoms with van der Waals surface area (Å²) >= 11 is 6.06. The molecule has 2 amide bonds. The summed E-state index contributed by atoms with van der Waals surface area (Å²) in [5.41, 5.74) is 1.80. The molecule has 5 nitrogen and oxygen atoms in total. The predicted octanol–water partition coefficient (Wildman–Crippen LogP) is 2.37. The van der Waals surface area contributed by atoms with Crippen molar-refractivity contribution in [3.05, 3.63) is 34.3 Å². The minimum absolute atomic E-state index is 0.0907. The Morgan fingerprint density at radius 1 is 1.37 bits per heavy atom. The Labute approximate surface area is 161 Å². The number of ether oxygens (including phenoxy) is 1. The summed E-state index contributed by atoms with van der Waals surface area (Å²) in [6.07, 6.45) is -0.139. The van der Waals surface area contributed by atoms with E-state index in [-0.39, 0.29) is 17.4 Å². The smallest absolute Gasteiger partial charge is 0.261 e. The molecule has 4 aliphatic rings. The van der Waals surface area contributed by atoms with Crippen LogP contribution in [0.4, 0.5) is 8.78 Å². The zero-order chi connectivity index (χ0) is 19.2. The van der Waals surface area contributed by atoms with Crippen molar-refractivity contribution in [3.8, 4) is 0 Å². The van der Waals surface area contributed by atoms with Crippen molar-refractivity contribution in [1.82, 2.24) is 10.2 Å². The maximum absolute atomic E-state index is 13.1. The molecule has 1 atom stereocenters. The van der Waals surface area contributed by atoms with Crippen LogP contribution in [0, 0.1) is 5.92 Å². The normalized spacial score (nSPS) is 27.8. The predicted molar refractivity (Wildman–Crippen MR) is 94.9 cm³/mol. The van der Waals surface area contributed by atoms with E-state index >= 15 is 0 Å². The summed E-state index contributed by atoms with van der Waals surface area (Å²) in [4.78, 5) is 26.8. The van der Waals surface area contributed by atoms with Crippen LogP contribution in [0.3, 0.4) is 0 Å². The van der Waals surface area contributed by atoms with Gasteiger partial charge in [0.25, 0.3) is 6.43 Å². The van der Waals surface area contributed by atoms with Crippen LogP contribution in [0.25, 0.3) is 0 Å². The standard InChI is InChI=1S/C19H21ClF2N2O3/c20-13-2-1-12-3-15(14(12)4-13)18(26)24-7-11-5-19(24,6-11)10-23-17(25)9-27-8-16(21)22/h1-2,4,11,15-16H,3,5-10H2,(H,23,25). The van der Waals surface area contributed by atoms with E-state index in [1.807, 2.05) is 23.1 Å². The Bertz CT molecular complexity index is 767. The molecular weight excluding hydrogens is 378 g/mol. The van der Waals surface area contributed by atoms with E-state index in [0.717, 1.165) is 30.4 Å². The second-order valence-electron chi connectivity index (χ2n) is 7.73. The molecule has 0 spiro atoms. The number of amides is 2. The van der Waals surface area contributed by atoms with E-state index in [9.17, 15) is 18.4 Å². The molecule has 2 bridgehead atoms. The van der Waals surface area contributed by atoms with E-state index in [0.29, 0.717) is 24.0 Å². The first-order chi connectivity index (χ1) is 12.9. The lowest BCUT2D eigenvalue weighted by Gasteiger charge is -2.44. The van der Waals surface area contributed by atoms with E-state index in [4.69, 9.17) is 11.6 Å². The van der Waals surface area contributed by atoms with Crippen LogP contribution >= 0.6 is 11.6 Å². The van der Waals surface area contributed by atoms with E-state index in [1.54, 1.807) is 0 Å². The summed E-state index contributed by atoms with van der Waals surface area (Å²) in [5.74, 6) is -0.0404. The van der Waals surface area contributed by atoms with Crippen LogP contribution in [0.2, 0.25) is 5.02 Å². The van der Waals surface area contributed by atoms with Gasteiger partial charge in [-0.2, -0.15) is 0 Å². The van der Waals surface area contributed by atoms with Crippen molar-refractivity contribution in [2.75, 3.05) is 26.3 Å². The quantitative estimate of drug-likeness (QED) is 0.767. The van der Waals surface area contributed by atoms with Gasteiger partial charge >= 0.3 is 0 Å². The van der Waals surface area contributed by atoms with Crippen LogP contribution in [0.5, 0.6) is 0 Å². The number of rotatable bonds is 7. The SMILES string of the molecule is O=C(COCC(F)F)NCC12CC(CN1C(=O)C1Cc3ccc(Cl)cc31)C2. The van der Waals surface area contributed by atoms with Crippen molar-refractivity contribution >= 4 is 23.4 Å². The number of carbonyl (C=O) groups is 2. The number of nitrogens with zero attached hydrogens (tertiary/aromatic N) is 1. The molecule has 27 heavy (non-hydrogen) atoms. The number of carbonyl (C=O) groups excluding carboxylic acids is 2. The molecule has 0 aromatic heterocycles. The molecule has 3 fully saturated rings. The van der Waals surface area contributed by atoms with Crippen LogP contribution in [-0.4, -0.2) is 55.0 Å². The van der Waals surface area contributed by atoms with E-state index in [1.165, 1.54) is 0 Å². The molecule has 5 rings (SSSR count). The zero-order valence-electron chi connectivity index (χ0n) is 14.7. The molecule has 1 saturated carbocycles. The first-order valence-electron chi connectivity index (χ1n) is 9.10. The van der Waals surface area contributed by atoms with Crippen molar-refractivity contribution in [2.24, 2.45) is 5.92 Å². The monoisotopic (exact) mass is 398 g/mol. The van der Waals surface area contributed by atoms with Crippen molar-refractivity contribution in [2.45, 2.75) is 37.1 Å².